The van der Waals surface area contributed by atoms with Gasteiger partial charge in [0.1, 0.15) is 5.82 Å². The smallest absolute Gasteiger partial charge is 0.374 e. The molecule has 0 aliphatic carbocycles. The first kappa shape index (κ1) is 14.2. The number of aliphatic hydroxyl groups is 1. The van der Waals surface area contributed by atoms with Crippen molar-refractivity contribution in [1.29, 1.82) is 0 Å². The summed E-state index contributed by atoms with van der Waals surface area (Å²) >= 11 is 0. The average molecular weight is 277 g/mol. The number of anilines is 1. The molecule has 0 spiro atoms. The number of aromatic nitrogens is 2. The van der Waals surface area contributed by atoms with Gasteiger partial charge in [-0.05, 0) is 12.1 Å². The van der Waals surface area contributed by atoms with Gasteiger partial charge in [-0.25, -0.2) is 14.8 Å². The third kappa shape index (κ3) is 3.19. The van der Waals surface area contributed by atoms with Crippen molar-refractivity contribution in [1.82, 2.24) is 9.97 Å². The molecular formula is C13H15N3O4. The average Bonchev–Trinajstić information content (AvgIpc) is 2.44. The van der Waals surface area contributed by atoms with Crippen molar-refractivity contribution in [2.45, 2.75) is 6.10 Å². The highest BCUT2D eigenvalue weighted by Crippen LogP contribution is 2.20. The van der Waals surface area contributed by atoms with E-state index in [0.29, 0.717) is 16.7 Å². The summed E-state index contributed by atoms with van der Waals surface area (Å²) in [6.07, 6.45) is -0.706. The van der Waals surface area contributed by atoms with Gasteiger partial charge in [0.15, 0.2) is 0 Å². The summed E-state index contributed by atoms with van der Waals surface area (Å²) in [5.41, 5.74) is 0.531. The Hall–Kier alpha value is -2.25. The molecule has 0 radical (unpaired) electrons. The van der Waals surface area contributed by atoms with E-state index >= 15 is 0 Å². The van der Waals surface area contributed by atoms with E-state index < -0.39 is 12.1 Å². The summed E-state index contributed by atoms with van der Waals surface area (Å²) in [6.45, 7) is 0.385. The Bertz CT molecular complexity index is 618. The minimum atomic E-state index is -1.20. The summed E-state index contributed by atoms with van der Waals surface area (Å²) in [5, 5.41) is 22.2. The number of nitrogens with zero attached hydrogens (tertiary/aromatic N) is 2. The lowest BCUT2D eigenvalue weighted by atomic mass is 10.2. The van der Waals surface area contributed by atoms with Crippen molar-refractivity contribution >= 4 is 22.7 Å². The Kier molecular flexibility index (Phi) is 4.44. The number of aromatic carboxylic acids is 1. The van der Waals surface area contributed by atoms with E-state index in [0.717, 1.165) is 0 Å². The number of nitrogens with one attached hydrogen (secondary N) is 1. The maximum absolute atomic E-state index is 11.0. The van der Waals surface area contributed by atoms with E-state index in [1.807, 2.05) is 6.07 Å². The highest BCUT2D eigenvalue weighted by Gasteiger charge is 2.13. The largest absolute Gasteiger partial charge is 0.475 e. The van der Waals surface area contributed by atoms with Gasteiger partial charge in [-0.15, -0.1) is 0 Å². The number of para-hydroxylation sites is 1. The van der Waals surface area contributed by atoms with Crippen molar-refractivity contribution in [2.75, 3.05) is 25.6 Å². The number of carboxylic acids is 1. The zero-order chi connectivity index (χ0) is 14.5. The molecule has 0 fully saturated rings. The van der Waals surface area contributed by atoms with E-state index in [1.54, 1.807) is 18.2 Å². The topological polar surface area (TPSA) is 105 Å². The molecule has 20 heavy (non-hydrogen) atoms. The fourth-order valence-electron chi connectivity index (χ4n) is 1.77. The third-order valence-corrected chi connectivity index (χ3v) is 2.66. The Labute approximate surface area is 115 Å². The molecule has 0 bridgehead atoms. The number of carboxylic acid groups (broad SMARTS) is 1. The van der Waals surface area contributed by atoms with Gasteiger partial charge in [0.2, 0.25) is 5.82 Å². The van der Waals surface area contributed by atoms with Crippen LogP contribution in [0.15, 0.2) is 24.3 Å². The highest BCUT2D eigenvalue weighted by molar-refractivity contribution is 5.93. The Morgan fingerprint density at radius 1 is 1.40 bits per heavy atom. The molecule has 7 heteroatoms. The minimum Gasteiger partial charge on any atom is -0.475 e. The van der Waals surface area contributed by atoms with Gasteiger partial charge in [0.05, 0.1) is 18.2 Å². The van der Waals surface area contributed by atoms with Crippen LogP contribution in [0.5, 0.6) is 0 Å². The first-order valence-corrected chi connectivity index (χ1v) is 6.02. The number of aliphatic hydroxyl groups excluding tert-OH is 1. The molecule has 3 N–H and O–H groups in total. The zero-order valence-electron chi connectivity index (χ0n) is 10.9. The second-order valence-electron chi connectivity index (χ2n) is 4.21. The number of hydrogen-bond acceptors (Lipinski definition) is 6. The summed E-state index contributed by atoms with van der Waals surface area (Å²) in [5.74, 6) is -1.10. The number of fused-ring (bicyclic) bond motifs is 1. The molecule has 7 nitrogen and oxygen atoms in total. The molecule has 0 aliphatic heterocycles. The van der Waals surface area contributed by atoms with Gasteiger partial charge in [-0.2, -0.15) is 0 Å². The van der Waals surface area contributed by atoms with Gasteiger partial charge in [-0.3, -0.25) is 0 Å². The predicted octanol–water partition coefficient (Wildman–Crippen LogP) is 0.747. The van der Waals surface area contributed by atoms with Gasteiger partial charge in [-0.1, -0.05) is 12.1 Å². The van der Waals surface area contributed by atoms with Gasteiger partial charge >= 0.3 is 5.97 Å². The second-order valence-corrected chi connectivity index (χ2v) is 4.21. The summed E-state index contributed by atoms with van der Waals surface area (Å²) in [6, 6.07) is 7.07. The van der Waals surface area contributed by atoms with E-state index in [2.05, 4.69) is 15.3 Å². The molecule has 0 amide bonds. The lowest BCUT2D eigenvalue weighted by Gasteiger charge is -2.13. The van der Waals surface area contributed by atoms with Crippen molar-refractivity contribution in [3.05, 3.63) is 30.1 Å². The van der Waals surface area contributed by atoms with Gasteiger partial charge < -0.3 is 20.3 Å². The molecule has 2 aromatic rings. The summed E-state index contributed by atoms with van der Waals surface area (Å²) in [7, 11) is 1.49. The number of hydrogen-bond donors (Lipinski definition) is 3. The number of carbonyl (C=O) groups is 1. The minimum absolute atomic E-state index is 0.182. The zero-order valence-corrected chi connectivity index (χ0v) is 10.9. The summed E-state index contributed by atoms with van der Waals surface area (Å²) in [4.78, 5) is 18.9. The molecule has 0 saturated carbocycles. The molecular weight excluding hydrogens is 262 g/mol. The maximum atomic E-state index is 11.0. The van der Waals surface area contributed by atoms with E-state index in [1.165, 1.54) is 7.11 Å². The predicted molar refractivity (Wildman–Crippen MR) is 72.9 cm³/mol. The lowest BCUT2D eigenvalue weighted by Crippen LogP contribution is -2.25. The van der Waals surface area contributed by atoms with E-state index in [4.69, 9.17) is 9.84 Å². The van der Waals surface area contributed by atoms with Gasteiger partial charge in [0.25, 0.3) is 0 Å². The second kappa shape index (κ2) is 6.27. The van der Waals surface area contributed by atoms with Crippen molar-refractivity contribution in [2.24, 2.45) is 0 Å². The van der Waals surface area contributed by atoms with Crippen LogP contribution in [0.3, 0.4) is 0 Å². The number of rotatable bonds is 6. The van der Waals surface area contributed by atoms with Gasteiger partial charge in [0, 0.05) is 19.0 Å². The molecule has 1 atom stereocenters. The van der Waals surface area contributed by atoms with E-state index in [9.17, 15) is 9.90 Å². The summed E-state index contributed by atoms with van der Waals surface area (Å²) < 4.78 is 4.82. The van der Waals surface area contributed by atoms with Crippen LogP contribution in [-0.4, -0.2) is 52.5 Å². The Balaban J connectivity index is 2.32. The van der Waals surface area contributed by atoms with Crippen LogP contribution in [0, 0.1) is 0 Å². The Morgan fingerprint density at radius 2 is 2.15 bits per heavy atom. The molecule has 1 unspecified atom stereocenters. The van der Waals surface area contributed by atoms with Crippen LogP contribution in [-0.2, 0) is 4.74 Å². The SMILES string of the molecule is COCC(O)CNc1nc(C(=O)O)nc2ccccc12. The number of methoxy groups -OCH3 is 1. The molecule has 106 valence electrons. The fraction of sp³-hybridized carbons (Fsp3) is 0.308. The first-order chi connectivity index (χ1) is 9.61. The molecule has 0 aliphatic rings. The normalized spacial score (nSPS) is 12.3. The van der Waals surface area contributed by atoms with Crippen molar-refractivity contribution in [3.8, 4) is 0 Å². The van der Waals surface area contributed by atoms with Crippen LogP contribution in [0.4, 0.5) is 5.82 Å². The van der Waals surface area contributed by atoms with E-state index in [-0.39, 0.29) is 19.0 Å². The maximum Gasteiger partial charge on any atom is 0.374 e. The first-order valence-electron chi connectivity index (χ1n) is 6.02. The standard InChI is InChI=1S/C13H15N3O4/c1-20-7-8(17)6-14-11-9-4-2-3-5-10(9)15-12(16-11)13(18)19/h2-5,8,17H,6-7H2,1H3,(H,18,19)(H,14,15,16). The molecule has 2 rings (SSSR count). The molecule has 1 aromatic carbocycles. The van der Waals surface area contributed by atoms with Crippen LogP contribution in [0.25, 0.3) is 10.9 Å². The van der Waals surface area contributed by atoms with Crippen LogP contribution < -0.4 is 5.32 Å². The van der Waals surface area contributed by atoms with Crippen molar-refractivity contribution in [3.63, 3.8) is 0 Å². The van der Waals surface area contributed by atoms with Crippen LogP contribution in [0.1, 0.15) is 10.6 Å². The fourth-order valence-corrected chi connectivity index (χ4v) is 1.77. The molecule has 1 aromatic heterocycles. The third-order valence-electron chi connectivity index (χ3n) is 2.66. The lowest BCUT2D eigenvalue weighted by molar-refractivity contribution is 0.0684. The number of benzene rings is 1. The monoisotopic (exact) mass is 277 g/mol. The van der Waals surface area contributed by atoms with Crippen LogP contribution in [0.2, 0.25) is 0 Å². The molecule has 0 saturated heterocycles. The van der Waals surface area contributed by atoms with Crippen LogP contribution >= 0.6 is 0 Å². The van der Waals surface area contributed by atoms with Crippen molar-refractivity contribution < 1.29 is 19.7 Å². The molecule has 1 heterocycles. The Morgan fingerprint density at radius 3 is 2.85 bits per heavy atom. The number of ether oxygens (including phenoxy) is 1. The highest BCUT2D eigenvalue weighted by atomic mass is 16.5. The quantitative estimate of drug-likeness (QED) is 0.715.